The second kappa shape index (κ2) is 8.00. The molecule has 0 atom stereocenters. The van der Waals surface area contributed by atoms with Crippen molar-refractivity contribution in [1.29, 1.82) is 0 Å². The molecule has 1 saturated carbocycles. The van der Waals surface area contributed by atoms with E-state index in [1.165, 1.54) is 7.11 Å². The van der Waals surface area contributed by atoms with Crippen LogP contribution in [0.2, 0.25) is 0 Å². The number of aliphatic carboxylic acids is 1. The monoisotopic (exact) mass is 348 g/mol. The van der Waals surface area contributed by atoms with Crippen molar-refractivity contribution >= 4 is 17.8 Å². The molecule has 1 aliphatic carbocycles. The van der Waals surface area contributed by atoms with Gasteiger partial charge in [0, 0.05) is 5.56 Å². The number of carbonyl (C=O) groups is 3. The van der Waals surface area contributed by atoms with E-state index in [1.807, 2.05) is 0 Å². The molecule has 1 aliphatic rings. The third-order valence-corrected chi connectivity index (χ3v) is 4.66. The number of benzene rings is 1. The molecule has 7 heteroatoms. The molecule has 3 N–H and O–H groups in total. The van der Waals surface area contributed by atoms with Gasteiger partial charge in [0.2, 0.25) is 5.91 Å². The first-order valence-electron chi connectivity index (χ1n) is 8.33. The summed E-state index contributed by atoms with van der Waals surface area (Å²) >= 11 is 0. The van der Waals surface area contributed by atoms with Crippen LogP contribution in [0, 0.1) is 5.92 Å². The SMILES string of the molecule is COc1cccc(C(=O)NCC(=O)NC2(C(=O)O)CCC(C)CC2)c1. The number of carbonyl (C=O) groups excluding carboxylic acids is 2. The second-order valence-electron chi connectivity index (χ2n) is 6.53. The Morgan fingerprint density at radius 3 is 2.56 bits per heavy atom. The zero-order valence-electron chi connectivity index (χ0n) is 14.5. The Balaban J connectivity index is 1.92. The third-order valence-electron chi connectivity index (χ3n) is 4.66. The third kappa shape index (κ3) is 4.71. The molecule has 136 valence electrons. The van der Waals surface area contributed by atoms with Crippen LogP contribution in [0.25, 0.3) is 0 Å². The van der Waals surface area contributed by atoms with Gasteiger partial charge in [-0.15, -0.1) is 0 Å². The minimum atomic E-state index is -1.23. The fraction of sp³-hybridized carbons (Fsp3) is 0.500. The van der Waals surface area contributed by atoms with Gasteiger partial charge in [-0.1, -0.05) is 13.0 Å². The lowest BCUT2D eigenvalue weighted by Gasteiger charge is -2.36. The number of methoxy groups -OCH3 is 1. The van der Waals surface area contributed by atoms with E-state index in [4.69, 9.17) is 4.74 Å². The van der Waals surface area contributed by atoms with Crippen LogP contribution in [0.3, 0.4) is 0 Å². The molecule has 0 heterocycles. The topological polar surface area (TPSA) is 105 Å². The van der Waals surface area contributed by atoms with Crippen LogP contribution in [-0.2, 0) is 9.59 Å². The molecule has 0 aliphatic heterocycles. The average Bonchev–Trinajstić information content (AvgIpc) is 2.61. The molecule has 1 aromatic rings. The predicted molar refractivity (Wildman–Crippen MR) is 91.5 cm³/mol. The van der Waals surface area contributed by atoms with Gasteiger partial charge in [-0.2, -0.15) is 0 Å². The van der Waals surface area contributed by atoms with Crippen LogP contribution in [0.15, 0.2) is 24.3 Å². The first-order valence-corrected chi connectivity index (χ1v) is 8.33. The zero-order valence-corrected chi connectivity index (χ0v) is 14.5. The highest BCUT2D eigenvalue weighted by Crippen LogP contribution is 2.32. The largest absolute Gasteiger partial charge is 0.497 e. The number of nitrogens with one attached hydrogen (secondary N) is 2. The van der Waals surface area contributed by atoms with Crippen molar-refractivity contribution in [1.82, 2.24) is 10.6 Å². The molecule has 2 rings (SSSR count). The van der Waals surface area contributed by atoms with Crippen LogP contribution in [0.4, 0.5) is 0 Å². The number of carboxylic acid groups (broad SMARTS) is 1. The van der Waals surface area contributed by atoms with E-state index in [9.17, 15) is 19.5 Å². The van der Waals surface area contributed by atoms with Gasteiger partial charge in [-0.3, -0.25) is 9.59 Å². The summed E-state index contributed by atoms with van der Waals surface area (Å²) in [5.74, 6) is -0.953. The molecular formula is C18H24N2O5. The Kier molecular flexibility index (Phi) is 6.01. The Bertz CT molecular complexity index is 651. The Morgan fingerprint density at radius 2 is 1.96 bits per heavy atom. The maximum absolute atomic E-state index is 12.1. The van der Waals surface area contributed by atoms with Crippen LogP contribution < -0.4 is 15.4 Å². The van der Waals surface area contributed by atoms with E-state index in [0.717, 1.165) is 12.8 Å². The number of hydrogen-bond acceptors (Lipinski definition) is 4. The van der Waals surface area contributed by atoms with E-state index in [-0.39, 0.29) is 6.54 Å². The smallest absolute Gasteiger partial charge is 0.329 e. The van der Waals surface area contributed by atoms with Crippen LogP contribution >= 0.6 is 0 Å². The van der Waals surface area contributed by atoms with Crippen molar-refractivity contribution in [2.24, 2.45) is 5.92 Å². The number of ether oxygens (including phenoxy) is 1. The Hall–Kier alpha value is -2.57. The van der Waals surface area contributed by atoms with Crippen molar-refractivity contribution in [3.05, 3.63) is 29.8 Å². The molecule has 0 spiro atoms. The summed E-state index contributed by atoms with van der Waals surface area (Å²) in [6, 6.07) is 6.56. The number of hydrogen-bond donors (Lipinski definition) is 3. The van der Waals surface area contributed by atoms with Crippen molar-refractivity contribution in [2.45, 2.75) is 38.1 Å². The molecule has 0 saturated heterocycles. The number of rotatable bonds is 6. The summed E-state index contributed by atoms with van der Waals surface area (Å²) in [5, 5.41) is 14.6. The summed E-state index contributed by atoms with van der Waals surface area (Å²) in [6.45, 7) is 1.79. The maximum Gasteiger partial charge on any atom is 0.329 e. The van der Waals surface area contributed by atoms with Crippen LogP contribution in [0.1, 0.15) is 43.0 Å². The lowest BCUT2D eigenvalue weighted by Crippen LogP contribution is -2.58. The standard InChI is InChI=1S/C18H24N2O5/c1-12-6-8-18(9-7-12,17(23)24)20-15(21)11-19-16(22)13-4-3-5-14(10-13)25-2/h3-5,10,12H,6-9,11H2,1-2H3,(H,19,22)(H,20,21)(H,23,24). The van der Waals surface area contributed by atoms with Crippen LogP contribution in [0.5, 0.6) is 5.75 Å². The quantitative estimate of drug-likeness (QED) is 0.724. The predicted octanol–water partition coefficient (Wildman–Crippen LogP) is 1.57. The molecule has 0 radical (unpaired) electrons. The van der Waals surface area contributed by atoms with E-state index >= 15 is 0 Å². The molecule has 1 fully saturated rings. The molecule has 0 aromatic heterocycles. The summed E-state index contributed by atoms with van der Waals surface area (Å²) in [4.78, 5) is 35.9. The van der Waals surface area contributed by atoms with Gasteiger partial charge in [-0.05, 0) is 49.8 Å². The minimum Gasteiger partial charge on any atom is -0.497 e. The molecule has 1 aromatic carbocycles. The van der Waals surface area contributed by atoms with Gasteiger partial charge in [-0.25, -0.2) is 4.79 Å². The Labute approximate surface area is 146 Å². The molecule has 25 heavy (non-hydrogen) atoms. The highest BCUT2D eigenvalue weighted by Gasteiger charge is 2.42. The van der Waals surface area contributed by atoms with E-state index in [0.29, 0.717) is 30.1 Å². The summed E-state index contributed by atoms with van der Waals surface area (Å²) in [5.41, 5.74) is -0.865. The lowest BCUT2D eigenvalue weighted by molar-refractivity contribution is -0.149. The fourth-order valence-corrected chi connectivity index (χ4v) is 2.99. The molecule has 7 nitrogen and oxygen atoms in total. The van der Waals surface area contributed by atoms with Gasteiger partial charge < -0.3 is 20.5 Å². The molecular weight excluding hydrogens is 324 g/mol. The van der Waals surface area contributed by atoms with E-state index in [2.05, 4.69) is 17.6 Å². The van der Waals surface area contributed by atoms with Crippen molar-refractivity contribution in [3.63, 3.8) is 0 Å². The van der Waals surface area contributed by atoms with Crippen LogP contribution in [-0.4, -0.2) is 42.1 Å². The van der Waals surface area contributed by atoms with Gasteiger partial charge in [0.1, 0.15) is 11.3 Å². The van der Waals surface area contributed by atoms with Gasteiger partial charge in [0.25, 0.3) is 5.91 Å². The number of amides is 2. The second-order valence-corrected chi connectivity index (χ2v) is 6.53. The molecule has 0 bridgehead atoms. The first-order chi connectivity index (χ1) is 11.9. The van der Waals surface area contributed by atoms with Crippen molar-refractivity contribution < 1.29 is 24.2 Å². The van der Waals surface area contributed by atoms with Crippen molar-refractivity contribution in [2.75, 3.05) is 13.7 Å². The Morgan fingerprint density at radius 1 is 1.28 bits per heavy atom. The fourth-order valence-electron chi connectivity index (χ4n) is 2.99. The van der Waals surface area contributed by atoms with Gasteiger partial charge in [0.15, 0.2) is 0 Å². The zero-order chi connectivity index (χ0) is 18.4. The summed E-state index contributed by atoms with van der Waals surface area (Å²) in [7, 11) is 1.50. The summed E-state index contributed by atoms with van der Waals surface area (Å²) in [6.07, 6.45) is 2.31. The van der Waals surface area contributed by atoms with Crippen molar-refractivity contribution in [3.8, 4) is 5.75 Å². The summed E-state index contributed by atoms with van der Waals surface area (Å²) < 4.78 is 5.05. The van der Waals surface area contributed by atoms with E-state index < -0.39 is 23.3 Å². The van der Waals surface area contributed by atoms with Gasteiger partial charge >= 0.3 is 5.97 Å². The average molecular weight is 348 g/mol. The van der Waals surface area contributed by atoms with E-state index in [1.54, 1.807) is 24.3 Å². The molecule has 0 unspecified atom stereocenters. The lowest BCUT2D eigenvalue weighted by atomic mass is 9.77. The first kappa shape index (κ1) is 18.8. The molecule has 2 amide bonds. The number of carboxylic acids is 1. The normalized spacial score (nSPS) is 22.7. The highest BCUT2D eigenvalue weighted by atomic mass is 16.5. The van der Waals surface area contributed by atoms with Gasteiger partial charge in [0.05, 0.1) is 13.7 Å². The maximum atomic E-state index is 12.1. The minimum absolute atomic E-state index is 0.277. The highest BCUT2D eigenvalue weighted by molar-refractivity contribution is 5.97.